The number of halogens is 3. The maximum atomic E-state index is 4.19. The number of pyridine rings is 1. The fourth-order valence-corrected chi connectivity index (χ4v) is 3.41. The van der Waals surface area contributed by atoms with Gasteiger partial charge in [0.1, 0.15) is 0 Å². The number of nitrogens with one attached hydrogen (secondary N) is 1. The van der Waals surface area contributed by atoms with E-state index in [0.29, 0.717) is 0 Å². The number of hydrogen-bond acceptors (Lipinski definition) is 3. The van der Waals surface area contributed by atoms with Crippen LogP contribution in [0.3, 0.4) is 0 Å². The van der Waals surface area contributed by atoms with Crippen LogP contribution in [0, 0.1) is 11.8 Å². The van der Waals surface area contributed by atoms with Crippen LogP contribution in [0.5, 0.6) is 0 Å². The second-order valence-corrected chi connectivity index (χ2v) is 5.73. The van der Waals surface area contributed by atoms with Gasteiger partial charge in [0.2, 0.25) is 0 Å². The first-order chi connectivity index (χ1) is 8.92. The molecule has 0 amide bonds. The Morgan fingerprint density at radius 2 is 1.86 bits per heavy atom. The van der Waals surface area contributed by atoms with Gasteiger partial charge in [-0.15, -0.1) is 37.2 Å². The maximum absolute atomic E-state index is 4.19. The van der Waals surface area contributed by atoms with Gasteiger partial charge in [0.15, 0.2) is 0 Å². The first-order valence-corrected chi connectivity index (χ1v) is 7.24. The zero-order chi connectivity index (χ0) is 12.2. The predicted octanol–water partition coefficient (Wildman–Crippen LogP) is 3.17. The summed E-state index contributed by atoms with van der Waals surface area (Å²) >= 11 is 0. The van der Waals surface area contributed by atoms with Crippen LogP contribution < -0.4 is 5.32 Å². The molecule has 1 aromatic heterocycles. The van der Waals surface area contributed by atoms with Gasteiger partial charge in [0.25, 0.3) is 0 Å². The van der Waals surface area contributed by atoms with Gasteiger partial charge in [-0.2, -0.15) is 0 Å². The molecule has 3 nitrogen and oxygen atoms in total. The molecule has 0 aromatic carbocycles. The highest BCUT2D eigenvalue weighted by molar-refractivity contribution is 5.86. The Bertz CT molecular complexity index is 364. The molecule has 0 aliphatic carbocycles. The third-order valence-corrected chi connectivity index (χ3v) is 4.53. The highest BCUT2D eigenvalue weighted by Crippen LogP contribution is 2.29. The van der Waals surface area contributed by atoms with Crippen molar-refractivity contribution in [1.82, 2.24) is 15.2 Å². The van der Waals surface area contributed by atoms with Crippen molar-refractivity contribution in [3.63, 3.8) is 0 Å². The minimum atomic E-state index is 0. The molecule has 6 heteroatoms. The zero-order valence-corrected chi connectivity index (χ0v) is 14.7. The standard InChI is InChI=1S/C15H23N3.3ClH/c1-2-13(10-16-6-1)12-18-8-4-14(5-9-18)15-3-7-17-11-15;;;/h1-2,6,10,14-15,17H,3-5,7-9,11-12H2;3*1H. The second kappa shape index (κ2) is 10.6. The molecular formula is C15H26Cl3N3. The third-order valence-electron chi connectivity index (χ3n) is 4.53. The number of piperidine rings is 1. The van der Waals surface area contributed by atoms with Gasteiger partial charge in [-0.3, -0.25) is 9.88 Å². The molecule has 2 fully saturated rings. The van der Waals surface area contributed by atoms with Gasteiger partial charge >= 0.3 is 0 Å². The summed E-state index contributed by atoms with van der Waals surface area (Å²) in [7, 11) is 0. The number of likely N-dealkylation sites (tertiary alicyclic amines) is 1. The molecule has 1 N–H and O–H groups in total. The van der Waals surface area contributed by atoms with Crippen LogP contribution in [-0.4, -0.2) is 36.1 Å². The van der Waals surface area contributed by atoms with E-state index in [0.717, 1.165) is 18.4 Å². The van der Waals surface area contributed by atoms with E-state index in [9.17, 15) is 0 Å². The molecule has 3 heterocycles. The molecule has 0 saturated carbocycles. The highest BCUT2D eigenvalue weighted by Gasteiger charge is 2.28. The van der Waals surface area contributed by atoms with Gasteiger partial charge in [-0.05, 0) is 68.9 Å². The Hall–Kier alpha value is -0.0600. The van der Waals surface area contributed by atoms with Crippen LogP contribution in [0.4, 0.5) is 0 Å². The number of nitrogens with zero attached hydrogens (tertiary/aromatic N) is 2. The van der Waals surface area contributed by atoms with Crippen LogP contribution in [-0.2, 0) is 6.54 Å². The molecule has 2 aliphatic heterocycles. The highest BCUT2D eigenvalue weighted by atomic mass is 35.5. The maximum Gasteiger partial charge on any atom is 0.0312 e. The Labute approximate surface area is 146 Å². The minimum Gasteiger partial charge on any atom is -0.316 e. The molecule has 1 unspecified atom stereocenters. The molecule has 122 valence electrons. The topological polar surface area (TPSA) is 28.2 Å². The average Bonchev–Trinajstić information content (AvgIpc) is 2.95. The van der Waals surface area contributed by atoms with Crippen molar-refractivity contribution in [3.05, 3.63) is 30.1 Å². The molecule has 0 radical (unpaired) electrons. The van der Waals surface area contributed by atoms with E-state index in [2.05, 4.69) is 21.3 Å². The third kappa shape index (κ3) is 5.91. The average molecular weight is 355 g/mol. The minimum absolute atomic E-state index is 0. The van der Waals surface area contributed by atoms with E-state index in [1.165, 1.54) is 51.0 Å². The summed E-state index contributed by atoms with van der Waals surface area (Å²) in [4.78, 5) is 6.77. The summed E-state index contributed by atoms with van der Waals surface area (Å²) in [5.41, 5.74) is 1.35. The van der Waals surface area contributed by atoms with Crippen molar-refractivity contribution in [2.24, 2.45) is 11.8 Å². The lowest BCUT2D eigenvalue weighted by Gasteiger charge is -2.34. The van der Waals surface area contributed by atoms with Gasteiger partial charge in [0, 0.05) is 18.9 Å². The zero-order valence-electron chi connectivity index (χ0n) is 12.2. The van der Waals surface area contributed by atoms with E-state index in [-0.39, 0.29) is 37.2 Å². The molecule has 3 rings (SSSR count). The van der Waals surface area contributed by atoms with Gasteiger partial charge in [-0.25, -0.2) is 0 Å². The largest absolute Gasteiger partial charge is 0.316 e. The predicted molar refractivity (Wildman–Crippen MR) is 95.0 cm³/mol. The summed E-state index contributed by atoms with van der Waals surface area (Å²) < 4.78 is 0. The fourth-order valence-electron chi connectivity index (χ4n) is 3.41. The summed E-state index contributed by atoms with van der Waals surface area (Å²) in [6, 6.07) is 4.21. The molecule has 2 aliphatic rings. The lowest BCUT2D eigenvalue weighted by atomic mass is 9.84. The van der Waals surface area contributed by atoms with Crippen molar-refractivity contribution < 1.29 is 0 Å². The SMILES string of the molecule is Cl.Cl.Cl.c1cncc(CN2CCC(C3CCNC3)CC2)c1. The first-order valence-electron chi connectivity index (χ1n) is 7.24. The van der Waals surface area contributed by atoms with E-state index >= 15 is 0 Å². The lowest BCUT2D eigenvalue weighted by Crippen LogP contribution is -2.36. The van der Waals surface area contributed by atoms with E-state index in [1.54, 1.807) is 0 Å². The molecular weight excluding hydrogens is 329 g/mol. The molecule has 1 aromatic rings. The van der Waals surface area contributed by atoms with Crippen molar-refractivity contribution in [3.8, 4) is 0 Å². The molecule has 1 atom stereocenters. The van der Waals surface area contributed by atoms with Crippen LogP contribution >= 0.6 is 37.2 Å². The van der Waals surface area contributed by atoms with Crippen molar-refractivity contribution in [2.45, 2.75) is 25.8 Å². The van der Waals surface area contributed by atoms with Crippen LogP contribution in [0.15, 0.2) is 24.5 Å². The number of aromatic nitrogens is 1. The Morgan fingerprint density at radius 1 is 1.10 bits per heavy atom. The molecule has 0 bridgehead atoms. The van der Waals surface area contributed by atoms with Crippen LogP contribution in [0.25, 0.3) is 0 Å². The van der Waals surface area contributed by atoms with E-state index < -0.39 is 0 Å². The molecule has 2 saturated heterocycles. The van der Waals surface area contributed by atoms with Gasteiger partial charge < -0.3 is 5.32 Å². The monoisotopic (exact) mass is 353 g/mol. The second-order valence-electron chi connectivity index (χ2n) is 5.73. The van der Waals surface area contributed by atoms with Crippen LogP contribution in [0.2, 0.25) is 0 Å². The molecule has 21 heavy (non-hydrogen) atoms. The summed E-state index contributed by atoms with van der Waals surface area (Å²) in [5, 5.41) is 3.50. The number of hydrogen-bond donors (Lipinski definition) is 1. The quantitative estimate of drug-likeness (QED) is 0.903. The van der Waals surface area contributed by atoms with E-state index in [1.807, 2.05) is 18.5 Å². The summed E-state index contributed by atoms with van der Waals surface area (Å²) in [5.74, 6) is 1.91. The Balaban J connectivity index is 0.00000133. The smallest absolute Gasteiger partial charge is 0.0312 e. The van der Waals surface area contributed by atoms with Crippen molar-refractivity contribution in [2.75, 3.05) is 26.2 Å². The molecule has 0 spiro atoms. The van der Waals surface area contributed by atoms with E-state index in [4.69, 9.17) is 0 Å². The Morgan fingerprint density at radius 3 is 2.43 bits per heavy atom. The summed E-state index contributed by atoms with van der Waals surface area (Å²) in [6.07, 6.45) is 8.00. The normalized spacial score (nSPS) is 22.8. The first kappa shape index (κ1) is 20.9. The van der Waals surface area contributed by atoms with Gasteiger partial charge in [-0.1, -0.05) is 6.07 Å². The summed E-state index contributed by atoms with van der Waals surface area (Å²) in [6.45, 7) is 6.09. The fraction of sp³-hybridized carbons (Fsp3) is 0.667. The van der Waals surface area contributed by atoms with Crippen molar-refractivity contribution in [1.29, 1.82) is 0 Å². The Kier molecular flexibility index (Phi) is 10.6. The van der Waals surface area contributed by atoms with Crippen molar-refractivity contribution >= 4 is 37.2 Å². The van der Waals surface area contributed by atoms with Crippen LogP contribution in [0.1, 0.15) is 24.8 Å². The number of rotatable bonds is 3. The lowest BCUT2D eigenvalue weighted by molar-refractivity contribution is 0.146. The van der Waals surface area contributed by atoms with Gasteiger partial charge in [0.05, 0.1) is 0 Å².